The zero-order chi connectivity index (χ0) is 18.6. The highest BCUT2D eigenvalue weighted by Gasteiger charge is 2.46. The highest BCUT2D eigenvalue weighted by atomic mass is 16.6. The van der Waals surface area contributed by atoms with Crippen molar-refractivity contribution >= 4 is 17.4 Å². The molecule has 0 unspecified atom stereocenters. The van der Waals surface area contributed by atoms with E-state index in [-0.39, 0.29) is 29.6 Å². The quantitative estimate of drug-likeness (QED) is 0.833. The molecule has 2 aliphatic heterocycles. The maximum Gasteiger partial charge on any atom is 0.410 e. The number of aromatic nitrogens is 2. The summed E-state index contributed by atoms with van der Waals surface area (Å²) in [6.07, 6.45) is 2.36. The molecular weight excluding hydrogens is 336 g/mol. The third-order valence-corrected chi connectivity index (χ3v) is 4.83. The minimum atomic E-state index is -0.503. The minimum absolute atomic E-state index is 0.111. The molecule has 0 spiro atoms. The number of hydrogen-bond acceptors (Lipinski definition) is 6. The Hall–Kier alpha value is -2.77. The van der Waals surface area contributed by atoms with Crippen molar-refractivity contribution in [2.24, 2.45) is 0 Å². The molecule has 2 fully saturated rings. The number of anilines is 1. The van der Waals surface area contributed by atoms with Crippen LogP contribution in [0.2, 0.25) is 0 Å². The summed E-state index contributed by atoms with van der Waals surface area (Å²) in [5, 5.41) is 9.46. The number of amides is 1. The number of aromatic hydroxyl groups is 1. The lowest BCUT2D eigenvalue weighted by Crippen LogP contribution is -2.50. The van der Waals surface area contributed by atoms with Gasteiger partial charge in [0.15, 0.2) is 0 Å². The monoisotopic (exact) mass is 358 g/mol. The fourth-order valence-corrected chi connectivity index (χ4v) is 3.78. The van der Waals surface area contributed by atoms with Gasteiger partial charge in [0.2, 0.25) is 5.88 Å². The van der Waals surface area contributed by atoms with Gasteiger partial charge < -0.3 is 19.6 Å². The average Bonchev–Trinajstić information content (AvgIpc) is 3.13. The van der Waals surface area contributed by atoms with Gasteiger partial charge in [-0.1, -0.05) is 0 Å². The Balaban J connectivity index is 1.55. The first kappa shape index (κ1) is 16.7. The SMILES string of the molecule is CC(C)(C)OC(=O)N1C[C@@H]2C[C@H]1CN2c1ccc2nc(O)cc(=O)n2c1. The zero-order valence-corrected chi connectivity index (χ0v) is 15.0. The summed E-state index contributed by atoms with van der Waals surface area (Å²) in [5.74, 6) is -0.281. The molecule has 138 valence electrons. The molecule has 4 heterocycles. The highest BCUT2D eigenvalue weighted by molar-refractivity contribution is 5.70. The van der Waals surface area contributed by atoms with E-state index in [2.05, 4.69) is 9.88 Å². The van der Waals surface area contributed by atoms with E-state index in [9.17, 15) is 14.7 Å². The van der Waals surface area contributed by atoms with Crippen molar-refractivity contribution in [3.8, 4) is 5.88 Å². The molecule has 0 aliphatic carbocycles. The first-order chi connectivity index (χ1) is 12.2. The van der Waals surface area contributed by atoms with E-state index in [0.717, 1.165) is 18.2 Å². The Morgan fingerprint density at radius 3 is 2.69 bits per heavy atom. The van der Waals surface area contributed by atoms with E-state index >= 15 is 0 Å². The van der Waals surface area contributed by atoms with E-state index in [4.69, 9.17) is 4.74 Å². The van der Waals surface area contributed by atoms with Crippen molar-refractivity contribution in [3.05, 3.63) is 34.7 Å². The molecular formula is C18H22N4O4. The molecule has 26 heavy (non-hydrogen) atoms. The Morgan fingerprint density at radius 1 is 1.27 bits per heavy atom. The third-order valence-electron chi connectivity index (χ3n) is 4.83. The lowest BCUT2D eigenvalue weighted by atomic mass is 10.2. The van der Waals surface area contributed by atoms with Crippen molar-refractivity contribution < 1.29 is 14.6 Å². The molecule has 2 atom stereocenters. The molecule has 2 bridgehead atoms. The van der Waals surface area contributed by atoms with Gasteiger partial charge in [-0.05, 0) is 39.3 Å². The number of hydrogen-bond donors (Lipinski definition) is 1. The van der Waals surface area contributed by atoms with E-state index in [0.29, 0.717) is 18.7 Å². The predicted molar refractivity (Wildman–Crippen MR) is 95.6 cm³/mol. The second kappa shape index (κ2) is 5.62. The summed E-state index contributed by atoms with van der Waals surface area (Å²) in [7, 11) is 0. The van der Waals surface area contributed by atoms with Crippen molar-refractivity contribution in [2.45, 2.75) is 44.9 Å². The van der Waals surface area contributed by atoms with Gasteiger partial charge in [-0.15, -0.1) is 0 Å². The van der Waals surface area contributed by atoms with Gasteiger partial charge >= 0.3 is 6.09 Å². The lowest BCUT2D eigenvalue weighted by Gasteiger charge is -2.36. The molecule has 2 aromatic heterocycles. The number of likely N-dealkylation sites (tertiary alicyclic amines) is 1. The fourth-order valence-electron chi connectivity index (χ4n) is 3.78. The van der Waals surface area contributed by atoms with Crippen molar-refractivity contribution in [2.75, 3.05) is 18.0 Å². The summed E-state index contributed by atoms with van der Waals surface area (Å²) in [5.41, 5.74) is 0.479. The maximum absolute atomic E-state index is 12.4. The third kappa shape index (κ3) is 2.85. The van der Waals surface area contributed by atoms with E-state index in [1.165, 1.54) is 4.40 Å². The van der Waals surface area contributed by atoms with Crippen molar-refractivity contribution in [3.63, 3.8) is 0 Å². The van der Waals surface area contributed by atoms with E-state index in [1.54, 1.807) is 17.2 Å². The molecule has 8 heteroatoms. The Morgan fingerprint density at radius 2 is 2.04 bits per heavy atom. The van der Waals surface area contributed by atoms with Crippen LogP contribution in [0.15, 0.2) is 29.2 Å². The number of fused-ring (bicyclic) bond motifs is 3. The van der Waals surface area contributed by atoms with Crippen LogP contribution in [-0.2, 0) is 4.74 Å². The largest absolute Gasteiger partial charge is 0.493 e. The number of ether oxygens (including phenoxy) is 1. The summed E-state index contributed by atoms with van der Waals surface area (Å²) < 4.78 is 6.91. The molecule has 2 saturated heterocycles. The van der Waals surface area contributed by atoms with Gasteiger partial charge in [0.05, 0.1) is 17.8 Å². The highest BCUT2D eigenvalue weighted by Crippen LogP contribution is 2.35. The van der Waals surface area contributed by atoms with Crippen LogP contribution in [0.4, 0.5) is 10.5 Å². The van der Waals surface area contributed by atoms with Crippen molar-refractivity contribution in [1.82, 2.24) is 14.3 Å². The lowest BCUT2D eigenvalue weighted by molar-refractivity contribution is 0.0214. The van der Waals surface area contributed by atoms with Crippen LogP contribution in [0, 0.1) is 0 Å². The zero-order valence-electron chi connectivity index (χ0n) is 15.0. The first-order valence-electron chi connectivity index (χ1n) is 8.70. The van der Waals surface area contributed by atoms with Gasteiger partial charge in [0.25, 0.3) is 5.56 Å². The van der Waals surface area contributed by atoms with Crippen LogP contribution < -0.4 is 10.5 Å². The number of nitrogens with zero attached hydrogens (tertiary/aromatic N) is 4. The number of rotatable bonds is 1. The molecule has 2 aliphatic rings. The molecule has 0 saturated carbocycles. The topological polar surface area (TPSA) is 87.4 Å². The Kier molecular flexibility index (Phi) is 3.61. The van der Waals surface area contributed by atoms with Crippen LogP contribution in [0.5, 0.6) is 5.88 Å². The molecule has 8 nitrogen and oxygen atoms in total. The van der Waals surface area contributed by atoms with Crippen LogP contribution in [0.25, 0.3) is 5.65 Å². The van der Waals surface area contributed by atoms with Crippen LogP contribution in [-0.4, -0.2) is 56.3 Å². The summed E-state index contributed by atoms with van der Waals surface area (Å²) >= 11 is 0. The normalized spacial score (nSPS) is 22.3. The fraction of sp³-hybridized carbons (Fsp3) is 0.500. The smallest absolute Gasteiger partial charge is 0.410 e. The number of pyridine rings is 1. The van der Waals surface area contributed by atoms with Gasteiger partial charge in [0, 0.05) is 25.3 Å². The number of carbonyl (C=O) groups excluding carboxylic acids is 1. The molecule has 4 rings (SSSR count). The van der Waals surface area contributed by atoms with Gasteiger partial charge in [0.1, 0.15) is 11.2 Å². The summed E-state index contributed by atoms with van der Waals surface area (Å²) in [6.45, 7) is 6.91. The van der Waals surface area contributed by atoms with Gasteiger partial charge in [-0.2, -0.15) is 4.98 Å². The molecule has 0 radical (unpaired) electrons. The van der Waals surface area contributed by atoms with Crippen molar-refractivity contribution in [1.29, 1.82) is 0 Å². The van der Waals surface area contributed by atoms with Gasteiger partial charge in [-0.3, -0.25) is 9.20 Å². The molecule has 1 N–H and O–H groups in total. The number of piperazine rings is 1. The van der Waals surface area contributed by atoms with Gasteiger partial charge in [-0.25, -0.2) is 4.79 Å². The maximum atomic E-state index is 12.4. The second-order valence-electron chi connectivity index (χ2n) is 7.90. The molecule has 1 amide bonds. The predicted octanol–water partition coefficient (Wildman–Crippen LogP) is 1.60. The molecule has 2 aromatic rings. The van der Waals surface area contributed by atoms with Crippen LogP contribution >= 0.6 is 0 Å². The number of carbonyl (C=O) groups is 1. The Labute approximate surface area is 150 Å². The van der Waals surface area contributed by atoms with E-state index in [1.807, 2.05) is 26.8 Å². The summed E-state index contributed by atoms with van der Waals surface area (Å²) in [6, 6.07) is 5.01. The summed E-state index contributed by atoms with van der Waals surface area (Å²) in [4.78, 5) is 32.4. The Bertz CT molecular complexity index is 933. The molecule has 0 aromatic carbocycles. The minimum Gasteiger partial charge on any atom is -0.493 e. The second-order valence-corrected chi connectivity index (χ2v) is 7.90. The van der Waals surface area contributed by atoms with E-state index < -0.39 is 5.60 Å². The average molecular weight is 358 g/mol. The first-order valence-corrected chi connectivity index (χ1v) is 8.70. The standard InChI is InChI=1S/C18H22N4O4/c1-18(2,3)26-17(25)21-10-12-6-13(21)9-20(12)11-4-5-14-19-15(23)7-16(24)22(14)8-11/h4-5,7-8,12-13,23H,6,9-10H2,1-3H3/t12-,13-/m0/s1. The van der Waals surface area contributed by atoms with Crippen LogP contribution in [0.3, 0.4) is 0 Å². The van der Waals surface area contributed by atoms with Crippen LogP contribution in [0.1, 0.15) is 27.2 Å².